The highest BCUT2D eigenvalue weighted by Gasteiger charge is 2.15. The number of amides is 2. The Labute approximate surface area is 214 Å². The molecule has 1 heterocycles. The van der Waals surface area contributed by atoms with E-state index in [9.17, 15) is 19.2 Å². The second kappa shape index (κ2) is 12.0. The third kappa shape index (κ3) is 6.41. The molecular formula is C29H30N4O4. The molecule has 0 bridgehead atoms. The van der Waals surface area contributed by atoms with Crippen molar-refractivity contribution in [3.63, 3.8) is 0 Å². The molecule has 37 heavy (non-hydrogen) atoms. The largest absolute Gasteiger partial charge is 0.331 e. The molecule has 0 fully saturated rings. The van der Waals surface area contributed by atoms with Gasteiger partial charge < -0.3 is 10.6 Å². The number of nitrogens with one attached hydrogen (secondary N) is 2. The molecule has 2 N–H and O–H groups in total. The van der Waals surface area contributed by atoms with Crippen molar-refractivity contribution in [2.75, 3.05) is 10.6 Å². The van der Waals surface area contributed by atoms with Gasteiger partial charge in [-0.05, 0) is 61.2 Å². The number of unbranched alkanes of at least 4 members (excludes halogenated alkanes) is 1. The van der Waals surface area contributed by atoms with Gasteiger partial charge in [0.05, 0.1) is 10.9 Å². The van der Waals surface area contributed by atoms with Crippen LogP contribution in [0, 0.1) is 0 Å². The lowest BCUT2D eigenvalue weighted by atomic mass is 10.1. The third-order valence-corrected chi connectivity index (χ3v) is 6.17. The number of para-hydroxylation sites is 2. The summed E-state index contributed by atoms with van der Waals surface area (Å²) in [6.07, 6.45) is 2.14. The molecule has 8 heteroatoms. The number of carbonyl (C=O) groups excluding carboxylic acids is 2. The van der Waals surface area contributed by atoms with E-state index >= 15 is 0 Å². The quantitative estimate of drug-likeness (QED) is 0.320. The minimum absolute atomic E-state index is 0.127. The van der Waals surface area contributed by atoms with Crippen molar-refractivity contribution in [2.24, 2.45) is 0 Å². The second-order valence-electron chi connectivity index (χ2n) is 8.81. The number of hydrogen-bond acceptors (Lipinski definition) is 4. The highest BCUT2D eigenvalue weighted by Crippen LogP contribution is 2.12. The summed E-state index contributed by atoms with van der Waals surface area (Å²) in [5.41, 5.74) is 1.98. The Morgan fingerprint density at radius 2 is 1.38 bits per heavy atom. The van der Waals surface area contributed by atoms with Crippen molar-refractivity contribution < 1.29 is 9.59 Å². The van der Waals surface area contributed by atoms with Gasteiger partial charge in [-0.15, -0.1) is 0 Å². The number of fused-ring (bicyclic) bond motifs is 1. The summed E-state index contributed by atoms with van der Waals surface area (Å²) in [7, 11) is 0. The number of nitrogens with zero attached hydrogens (tertiary/aromatic N) is 2. The topological polar surface area (TPSA) is 102 Å². The molecule has 0 aliphatic heterocycles. The van der Waals surface area contributed by atoms with Gasteiger partial charge in [-0.2, -0.15) is 0 Å². The van der Waals surface area contributed by atoms with Crippen molar-refractivity contribution in [3.8, 4) is 0 Å². The standard InChI is InChI=1S/C29H30N4O4/c1-2-21-15-17-23(18-16-21)31-27(35)20-33-25-13-7-6-12-24(25)28(36)32(29(33)37)19-9-8-14-26(34)30-22-10-4-3-5-11-22/h3-7,10-13,15-18H,2,8-9,14,19-20H2,1H3,(H,30,34)(H,31,35). The normalized spacial score (nSPS) is 10.8. The first kappa shape index (κ1) is 25.6. The lowest BCUT2D eigenvalue weighted by molar-refractivity contribution is -0.117. The van der Waals surface area contributed by atoms with Crippen LogP contribution in [0.3, 0.4) is 0 Å². The average Bonchev–Trinajstić information content (AvgIpc) is 2.91. The summed E-state index contributed by atoms with van der Waals surface area (Å²) in [5, 5.41) is 6.01. The fraction of sp³-hybridized carbons (Fsp3) is 0.241. The highest BCUT2D eigenvalue weighted by molar-refractivity contribution is 5.92. The molecule has 4 aromatic rings. The maximum Gasteiger partial charge on any atom is 0.331 e. The molecule has 4 rings (SSSR count). The van der Waals surface area contributed by atoms with Crippen LogP contribution in [0.1, 0.15) is 31.7 Å². The summed E-state index contributed by atoms with van der Waals surface area (Å²) in [4.78, 5) is 51.4. The summed E-state index contributed by atoms with van der Waals surface area (Å²) >= 11 is 0. The minimum atomic E-state index is -0.547. The van der Waals surface area contributed by atoms with Gasteiger partial charge in [0.1, 0.15) is 6.54 Å². The number of benzene rings is 3. The smallest absolute Gasteiger partial charge is 0.326 e. The SMILES string of the molecule is CCc1ccc(NC(=O)Cn2c(=O)n(CCCCC(=O)Nc3ccccc3)c(=O)c3ccccc32)cc1. The monoisotopic (exact) mass is 498 g/mol. The van der Waals surface area contributed by atoms with Crippen LogP contribution >= 0.6 is 0 Å². The summed E-state index contributed by atoms with van der Waals surface area (Å²) in [5.74, 6) is -0.489. The van der Waals surface area contributed by atoms with Gasteiger partial charge in [0.15, 0.2) is 0 Å². The number of aryl methyl sites for hydroxylation is 1. The number of anilines is 2. The molecule has 0 aliphatic rings. The Kier molecular flexibility index (Phi) is 8.30. The zero-order valence-corrected chi connectivity index (χ0v) is 20.8. The molecule has 190 valence electrons. The van der Waals surface area contributed by atoms with Crippen LogP contribution in [0.25, 0.3) is 10.9 Å². The predicted octanol–water partition coefficient (Wildman–Crippen LogP) is 4.17. The Morgan fingerprint density at radius 3 is 2.11 bits per heavy atom. The molecule has 3 aromatic carbocycles. The van der Waals surface area contributed by atoms with Crippen LogP contribution in [0.5, 0.6) is 0 Å². The molecule has 1 aromatic heterocycles. The van der Waals surface area contributed by atoms with Gasteiger partial charge in [-0.1, -0.05) is 49.4 Å². The van der Waals surface area contributed by atoms with Crippen LogP contribution in [0.15, 0.2) is 88.5 Å². The van der Waals surface area contributed by atoms with E-state index < -0.39 is 11.2 Å². The van der Waals surface area contributed by atoms with E-state index in [0.717, 1.165) is 22.2 Å². The van der Waals surface area contributed by atoms with Gasteiger partial charge in [0.2, 0.25) is 11.8 Å². The molecule has 0 radical (unpaired) electrons. The van der Waals surface area contributed by atoms with Gasteiger partial charge in [0, 0.05) is 24.3 Å². The molecule has 0 saturated heterocycles. The Bertz CT molecular complexity index is 1510. The van der Waals surface area contributed by atoms with Gasteiger partial charge in [-0.3, -0.25) is 23.5 Å². The maximum atomic E-state index is 13.3. The fourth-order valence-corrected chi connectivity index (χ4v) is 4.19. The van der Waals surface area contributed by atoms with Crippen LogP contribution in [-0.2, 0) is 29.1 Å². The zero-order valence-electron chi connectivity index (χ0n) is 20.8. The van der Waals surface area contributed by atoms with Crippen molar-refractivity contribution >= 4 is 34.1 Å². The lowest BCUT2D eigenvalue weighted by Gasteiger charge is -2.14. The predicted molar refractivity (Wildman–Crippen MR) is 146 cm³/mol. The lowest BCUT2D eigenvalue weighted by Crippen LogP contribution is -2.41. The Hall–Kier alpha value is -4.46. The first-order chi connectivity index (χ1) is 18.0. The molecule has 2 amide bonds. The van der Waals surface area contributed by atoms with Crippen LogP contribution in [0.4, 0.5) is 11.4 Å². The van der Waals surface area contributed by atoms with E-state index in [1.54, 1.807) is 24.3 Å². The van der Waals surface area contributed by atoms with Crippen molar-refractivity contribution in [1.82, 2.24) is 9.13 Å². The van der Waals surface area contributed by atoms with Gasteiger partial charge >= 0.3 is 5.69 Å². The van der Waals surface area contributed by atoms with E-state index in [-0.39, 0.29) is 31.3 Å². The average molecular weight is 499 g/mol. The van der Waals surface area contributed by atoms with Crippen LogP contribution in [-0.4, -0.2) is 20.9 Å². The van der Waals surface area contributed by atoms with Crippen molar-refractivity contribution in [3.05, 3.63) is 105 Å². The maximum absolute atomic E-state index is 13.3. The highest BCUT2D eigenvalue weighted by atomic mass is 16.2. The van der Waals surface area contributed by atoms with E-state index in [0.29, 0.717) is 29.4 Å². The van der Waals surface area contributed by atoms with E-state index in [2.05, 4.69) is 17.6 Å². The number of hydrogen-bond donors (Lipinski definition) is 2. The number of carbonyl (C=O) groups is 2. The van der Waals surface area contributed by atoms with Crippen LogP contribution in [0.2, 0.25) is 0 Å². The molecule has 0 atom stereocenters. The van der Waals surface area contributed by atoms with E-state index in [1.165, 1.54) is 4.57 Å². The summed E-state index contributed by atoms with van der Waals surface area (Å²) in [6, 6.07) is 23.5. The summed E-state index contributed by atoms with van der Waals surface area (Å²) < 4.78 is 2.48. The van der Waals surface area contributed by atoms with Gasteiger partial charge in [0.25, 0.3) is 5.56 Å². The molecule has 0 spiro atoms. The zero-order chi connectivity index (χ0) is 26.2. The molecule has 0 saturated carbocycles. The first-order valence-corrected chi connectivity index (χ1v) is 12.4. The van der Waals surface area contributed by atoms with Crippen molar-refractivity contribution in [1.29, 1.82) is 0 Å². The second-order valence-corrected chi connectivity index (χ2v) is 8.81. The van der Waals surface area contributed by atoms with E-state index in [1.807, 2.05) is 54.6 Å². The van der Waals surface area contributed by atoms with Crippen LogP contribution < -0.4 is 21.9 Å². The number of aromatic nitrogens is 2. The molecule has 0 unspecified atom stereocenters. The summed E-state index contributed by atoms with van der Waals surface area (Å²) in [6.45, 7) is 1.98. The fourth-order valence-electron chi connectivity index (χ4n) is 4.19. The molecule has 0 aliphatic carbocycles. The Morgan fingerprint density at radius 1 is 0.730 bits per heavy atom. The molecule has 8 nitrogen and oxygen atoms in total. The van der Waals surface area contributed by atoms with Gasteiger partial charge in [-0.25, -0.2) is 4.79 Å². The van der Waals surface area contributed by atoms with E-state index in [4.69, 9.17) is 0 Å². The number of rotatable bonds is 10. The van der Waals surface area contributed by atoms with Crippen molar-refractivity contribution in [2.45, 2.75) is 45.7 Å². The third-order valence-electron chi connectivity index (χ3n) is 6.17. The Balaban J connectivity index is 1.47. The first-order valence-electron chi connectivity index (χ1n) is 12.4. The minimum Gasteiger partial charge on any atom is -0.326 e. The molecular weight excluding hydrogens is 468 g/mol.